The van der Waals surface area contributed by atoms with Gasteiger partial charge in [-0.2, -0.15) is 5.10 Å². The van der Waals surface area contributed by atoms with Crippen molar-refractivity contribution in [2.45, 2.75) is 26.7 Å². The molecule has 1 aromatic heterocycles. The van der Waals surface area contributed by atoms with Gasteiger partial charge in [-0.05, 0) is 42.7 Å². The topological polar surface area (TPSA) is 82.4 Å². The molecule has 0 bridgehead atoms. The Hall–Kier alpha value is -3.61. The fraction of sp³-hybridized carbons (Fsp3) is 0.261. The molecular formula is C23H25N3O4. The average Bonchev–Trinajstić information content (AvgIpc) is 3.18. The van der Waals surface area contributed by atoms with Gasteiger partial charge in [-0.15, -0.1) is 0 Å². The van der Waals surface area contributed by atoms with Gasteiger partial charge in [0.1, 0.15) is 0 Å². The fourth-order valence-corrected chi connectivity index (χ4v) is 2.81. The molecule has 30 heavy (non-hydrogen) atoms. The quantitative estimate of drug-likeness (QED) is 0.566. The lowest BCUT2D eigenvalue weighted by Gasteiger charge is -2.09. The second-order valence-electron chi connectivity index (χ2n) is 6.96. The summed E-state index contributed by atoms with van der Waals surface area (Å²) in [4.78, 5) is 24.6. The van der Waals surface area contributed by atoms with Crippen LogP contribution in [0.2, 0.25) is 0 Å². The SMILES string of the molecule is CCOC(=O)c1nn(-c2ccccc2)cc1OCC(=O)Nc1ccc(C(C)C)cc1. The van der Waals surface area contributed by atoms with E-state index in [1.165, 1.54) is 10.2 Å². The molecule has 0 aliphatic carbocycles. The van der Waals surface area contributed by atoms with Crippen molar-refractivity contribution in [1.82, 2.24) is 9.78 Å². The molecule has 1 heterocycles. The van der Waals surface area contributed by atoms with Crippen LogP contribution in [0, 0.1) is 0 Å². The predicted octanol–water partition coefficient (Wildman–Crippen LogP) is 4.19. The molecule has 7 nitrogen and oxygen atoms in total. The number of nitrogens with zero attached hydrogens (tertiary/aromatic N) is 2. The molecule has 0 atom stereocenters. The average molecular weight is 407 g/mol. The number of anilines is 1. The number of para-hydroxylation sites is 1. The molecule has 7 heteroatoms. The molecule has 0 fully saturated rings. The minimum Gasteiger partial charge on any atom is -0.480 e. The Bertz CT molecular complexity index is 995. The van der Waals surface area contributed by atoms with E-state index < -0.39 is 5.97 Å². The lowest BCUT2D eigenvalue weighted by Crippen LogP contribution is -2.20. The molecule has 3 aromatic rings. The summed E-state index contributed by atoms with van der Waals surface area (Å²) in [5, 5.41) is 7.06. The van der Waals surface area contributed by atoms with Crippen molar-refractivity contribution in [1.29, 1.82) is 0 Å². The molecular weight excluding hydrogens is 382 g/mol. The second kappa shape index (κ2) is 9.73. The summed E-state index contributed by atoms with van der Waals surface area (Å²) in [6.07, 6.45) is 1.56. The summed E-state index contributed by atoms with van der Waals surface area (Å²) in [6.45, 7) is 5.88. The van der Waals surface area contributed by atoms with Crippen LogP contribution < -0.4 is 10.1 Å². The number of amides is 1. The molecule has 1 amide bonds. The molecule has 0 saturated heterocycles. The maximum Gasteiger partial charge on any atom is 0.362 e. The first-order chi connectivity index (χ1) is 14.5. The molecule has 0 saturated carbocycles. The van der Waals surface area contributed by atoms with Crippen LogP contribution in [0.4, 0.5) is 5.69 Å². The van der Waals surface area contributed by atoms with Crippen molar-refractivity contribution >= 4 is 17.6 Å². The summed E-state index contributed by atoms with van der Waals surface area (Å²) >= 11 is 0. The standard InChI is InChI=1S/C23H25N3O4/c1-4-29-23(28)22-20(14-26(25-22)19-8-6-5-7-9-19)30-15-21(27)24-18-12-10-17(11-13-18)16(2)3/h5-14,16H,4,15H2,1-3H3,(H,24,27). The highest BCUT2D eigenvalue weighted by Gasteiger charge is 2.21. The van der Waals surface area contributed by atoms with Crippen molar-refractivity contribution in [2.24, 2.45) is 0 Å². The second-order valence-corrected chi connectivity index (χ2v) is 6.96. The Morgan fingerprint density at radius 1 is 1.07 bits per heavy atom. The van der Waals surface area contributed by atoms with Gasteiger partial charge >= 0.3 is 5.97 Å². The summed E-state index contributed by atoms with van der Waals surface area (Å²) < 4.78 is 12.2. The maximum absolute atomic E-state index is 12.3. The van der Waals surface area contributed by atoms with Gasteiger partial charge in [0, 0.05) is 5.69 Å². The van der Waals surface area contributed by atoms with Crippen LogP contribution in [0.15, 0.2) is 60.8 Å². The Kier molecular flexibility index (Phi) is 6.85. The third-order valence-corrected chi connectivity index (χ3v) is 4.39. The zero-order valence-electron chi connectivity index (χ0n) is 17.3. The summed E-state index contributed by atoms with van der Waals surface area (Å²) in [6, 6.07) is 17.0. The molecule has 3 rings (SSSR count). The summed E-state index contributed by atoms with van der Waals surface area (Å²) in [5.74, 6) is -0.343. The van der Waals surface area contributed by atoms with Crippen LogP contribution in [0.1, 0.15) is 42.7 Å². The number of ether oxygens (including phenoxy) is 2. The Balaban J connectivity index is 1.70. The normalized spacial score (nSPS) is 10.7. The monoisotopic (exact) mass is 407 g/mol. The zero-order valence-corrected chi connectivity index (χ0v) is 17.3. The third-order valence-electron chi connectivity index (χ3n) is 4.39. The largest absolute Gasteiger partial charge is 0.480 e. The minimum atomic E-state index is -0.605. The first-order valence-electron chi connectivity index (χ1n) is 9.82. The number of nitrogens with one attached hydrogen (secondary N) is 1. The van der Waals surface area contributed by atoms with E-state index in [2.05, 4.69) is 24.3 Å². The van der Waals surface area contributed by atoms with Gasteiger partial charge in [0.25, 0.3) is 5.91 Å². The van der Waals surface area contributed by atoms with Crippen LogP contribution in [0.3, 0.4) is 0 Å². The van der Waals surface area contributed by atoms with Crippen LogP contribution in [-0.4, -0.2) is 34.9 Å². The number of hydrogen-bond acceptors (Lipinski definition) is 5. The molecule has 156 valence electrons. The first kappa shape index (κ1) is 21.1. The highest BCUT2D eigenvalue weighted by molar-refractivity contribution is 5.93. The van der Waals surface area contributed by atoms with E-state index in [9.17, 15) is 9.59 Å². The smallest absolute Gasteiger partial charge is 0.362 e. The van der Waals surface area contributed by atoms with Gasteiger partial charge in [-0.3, -0.25) is 4.79 Å². The third kappa shape index (κ3) is 5.26. The number of rotatable bonds is 8. The molecule has 0 radical (unpaired) electrons. The Labute approximate surface area is 175 Å². The first-order valence-corrected chi connectivity index (χ1v) is 9.82. The molecule has 0 spiro atoms. The Morgan fingerprint density at radius 2 is 1.77 bits per heavy atom. The van der Waals surface area contributed by atoms with Crippen LogP contribution >= 0.6 is 0 Å². The number of aromatic nitrogens is 2. The highest BCUT2D eigenvalue weighted by atomic mass is 16.5. The fourth-order valence-electron chi connectivity index (χ4n) is 2.81. The van der Waals surface area contributed by atoms with E-state index in [1.807, 2.05) is 54.6 Å². The van der Waals surface area contributed by atoms with Crippen molar-refractivity contribution in [2.75, 3.05) is 18.5 Å². The van der Waals surface area contributed by atoms with E-state index in [1.54, 1.807) is 13.1 Å². The molecule has 1 N–H and O–H groups in total. The summed E-state index contributed by atoms with van der Waals surface area (Å²) in [5.41, 5.74) is 2.65. The van der Waals surface area contributed by atoms with E-state index in [4.69, 9.17) is 9.47 Å². The van der Waals surface area contributed by atoms with E-state index in [0.29, 0.717) is 11.6 Å². The van der Waals surface area contributed by atoms with Crippen molar-refractivity contribution < 1.29 is 19.1 Å². The number of carbonyl (C=O) groups excluding carboxylic acids is 2. The lowest BCUT2D eigenvalue weighted by molar-refractivity contribution is -0.118. The lowest BCUT2D eigenvalue weighted by atomic mass is 10.0. The molecule has 0 aliphatic rings. The van der Waals surface area contributed by atoms with Crippen LogP contribution in [-0.2, 0) is 9.53 Å². The molecule has 0 unspecified atom stereocenters. The predicted molar refractivity (Wildman–Crippen MR) is 114 cm³/mol. The molecule has 0 aliphatic heterocycles. The van der Waals surface area contributed by atoms with Gasteiger partial charge in [-0.25, -0.2) is 9.48 Å². The Morgan fingerprint density at radius 3 is 2.40 bits per heavy atom. The number of hydrogen-bond donors (Lipinski definition) is 1. The van der Waals surface area contributed by atoms with Gasteiger partial charge in [0.05, 0.1) is 18.5 Å². The van der Waals surface area contributed by atoms with Crippen molar-refractivity contribution in [3.05, 3.63) is 72.1 Å². The van der Waals surface area contributed by atoms with Gasteiger partial charge < -0.3 is 14.8 Å². The zero-order chi connectivity index (χ0) is 21.5. The van der Waals surface area contributed by atoms with Gasteiger partial charge in [0.2, 0.25) is 5.69 Å². The minimum absolute atomic E-state index is 0.0230. The van der Waals surface area contributed by atoms with Crippen LogP contribution in [0.25, 0.3) is 5.69 Å². The molecule has 2 aromatic carbocycles. The maximum atomic E-state index is 12.3. The number of carbonyl (C=O) groups is 2. The summed E-state index contributed by atoms with van der Waals surface area (Å²) in [7, 11) is 0. The van der Waals surface area contributed by atoms with E-state index in [0.717, 1.165) is 5.69 Å². The van der Waals surface area contributed by atoms with Gasteiger partial charge in [0.15, 0.2) is 12.4 Å². The van der Waals surface area contributed by atoms with E-state index in [-0.39, 0.29) is 30.6 Å². The van der Waals surface area contributed by atoms with Crippen molar-refractivity contribution in [3.8, 4) is 11.4 Å². The van der Waals surface area contributed by atoms with Crippen molar-refractivity contribution in [3.63, 3.8) is 0 Å². The number of esters is 1. The van der Waals surface area contributed by atoms with Crippen LogP contribution in [0.5, 0.6) is 5.75 Å². The van der Waals surface area contributed by atoms with E-state index >= 15 is 0 Å². The highest BCUT2D eigenvalue weighted by Crippen LogP contribution is 2.21. The number of benzene rings is 2. The van der Waals surface area contributed by atoms with Gasteiger partial charge in [-0.1, -0.05) is 44.2 Å².